The maximum atomic E-state index is 12.6. The summed E-state index contributed by atoms with van der Waals surface area (Å²) in [6, 6.07) is 11.4. The Morgan fingerprint density at radius 1 is 1.22 bits per heavy atom. The Morgan fingerprint density at radius 3 is 2.83 bits per heavy atom. The first-order valence-corrected chi connectivity index (χ1v) is 7.95. The quantitative estimate of drug-likeness (QED) is 0.874. The maximum absolute atomic E-state index is 12.6. The zero-order chi connectivity index (χ0) is 16.2. The van der Waals surface area contributed by atoms with Crippen molar-refractivity contribution in [3.63, 3.8) is 0 Å². The first kappa shape index (κ1) is 15.5. The first-order valence-electron chi connectivity index (χ1n) is 7.95. The fourth-order valence-corrected chi connectivity index (χ4v) is 2.80. The van der Waals surface area contributed by atoms with Gasteiger partial charge in [-0.15, -0.1) is 5.10 Å². The number of ether oxygens (including phenoxy) is 1. The van der Waals surface area contributed by atoms with E-state index in [1.165, 1.54) is 0 Å². The van der Waals surface area contributed by atoms with Gasteiger partial charge in [0, 0.05) is 18.2 Å². The molecule has 5 nitrogen and oxygen atoms in total. The third-order valence-corrected chi connectivity index (χ3v) is 3.99. The number of benzene rings is 1. The monoisotopic (exact) mass is 311 g/mol. The van der Waals surface area contributed by atoms with E-state index in [1.54, 1.807) is 0 Å². The fourth-order valence-electron chi connectivity index (χ4n) is 2.80. The van der Waals surface area contributed by atoms with Gasteiger partial charge in [0.25, 0.3) is 5.91 Å². The van der Waals surface area contributed by atoms with Crippen LogP contribution in [0.2, 0.25) is 0 Å². The van der Waals surface area contributed by atoms with Crippen LogP contribution in [0, 0.1) is 13.8 Å². The average Bonchev–Trinajstić information content (AvgIpc) is 2.56. The summed E-state index contributed by atoms with van der Waals surface area (Å²) in [7, 11) is 0. The standard InChI is InChI=1S/C18H21N3O2/c1-13-5-3-6-15(11-13)18(22)21-10-4-7-16(12-21)23-17-9-8-14(2)19-20-17/h3,5-6,8-9,11,16H,4,7,10,12H2,1-2H3. The highest BCUT2D eigenvalue weighted by molar-refractivity contribution is 5.94. The van der Waals surface area contributed by atoms with Gasteiger partial charge >= 0.3 is 0 Å². The lowest BCUT2D eigenvalue weighted by molar-refractivity contribution is 0.0525. The molecule has 5 heteroatoms. The number of carbonyl (C=O) groups is 1. The number of carbonyl (C=O) groups excluding carboxylic acids is 1. The van der Waals surface area contributed by atoms with Crippen molar-refractivity contribution in [2.75, 3.05) is 13.1 Å². The van der Waals surface area contributed by atoms with Gasteiger partial charge in [0.05, 0.1) is 12.2 Å². The van der Waals surface area contributed by atoms with Crippen LogP contribution in [0.5, 0.6) is 5.88 Å². The summed E-state index contributed by atoms with van der Waals surface area (Å²) < 4.78 is 5.88. The lowest BCUT2D eigenvalue weighted by atomic mass is 10.1. The molecule has 0 saturated carbocycles. The van der Waals surface area contributed by atoms with Crippen molar-refractivity contribution in [1.29, 1.82) is 0 Å². The zero-order valence-electron chi connectivity index (χ0n) is 13.5. The molecular weight excluding hydrogens is 290 g/mol. The topological polar surface area (TPSA) is 55.3 Å². The average molecular weight is 311 g/mol. The molecule has 1 unspecified atom stereocenters. The highest BCUT2D eigenvalue weighted by atomic mass is 16.5. The van der Waals surface area contributed by atoms with E-state index in [-0.39, 0.29) is 12.0 Å². The predicted molar refractivity (Wildman–Crippen MR) is 87.5 cm³/mol. The number of nitrogens with zero attached hydrogens (tertiary/aromatic N) is 3. The summed E-state index contributed by atoms with van der Waals surface area (Å²) in [6.07, 6.45) is 1.82. The Balaban J connectivity index is 1.66. The molecule has 1 aromatic carbocycles. The largest absolute Gasteiger partial charge is 0.471 e. The molecule has 2 heterocycles. The van der Waals surface area contributed by atoms with E-state index in [2.05, 4.69) is 10.2 Å². The Labute approximate surface area is 136 Å². The Kier molecular flexibility index (Phi) is 4.55. The van der Waals surface area contributed by atoms with E-state index in [1.807, 2.05) is 55.1 Å². The van der Waals surface area contributed by atoms with Crippen molar-refractivity contribution in [1.82, 2.24) is 15.1 Å². The van der Waals surface area contributed by atoms with Crippen LogP contribution >= 0.6 is 0 Å². The minimum Gasteiger partial charge on any atom is -0.471 e. The van der Waals surface area contributed by atoms with Crippen molar-refractivity contribution < 1.29 is 9.53 Å². The third-order valence-electron chi connectivity index (χ3n) is 3.99. The van der Waals surface area contributed by atoms with Crippen LogP contribution in [0.15, 0.2) is 36.4 Å². The molecule has 1 amide bonds. The second-order valence-corrected chi connectivity index (χ2v) is 6.02. The van der Waals surface area contributed by atoms with Crippen LogP contribution < -0.4 is 4.74 Å². The van der Waals surface area contributed by atoms with Crippen LogP contribution in [0.25, 0.3) is 0 Å². The summed E-state index contributed by atoms with van der Waals surface area (Å²) in [5, 5.41) is 8.04. The summed E-state index contributed by atoms with van der Waals surface area (Å²) >= 11 is 0. The van der Waals surface area contributed by atoms with Gasteiger partial charge in [-0.1, -0.05) is 17.7 Å². The molecule has 0 N–H and O–H groups in total. The van der Waals surface area contributed by atoms with Gasteiger partial charge in [0.15, 0.2) is 0 Å². The van der Waals surface area contributed by atoms with Gasteiger partial charge in [-0.3, -0.25) is 4.79 Å². The molecular formula is C18H21N3O2. The molecule has 2 aromatic rings. The van der Waals surface area contributed by atoms with Crippen molar-refractivity contribution in [2.24, 2.45) is 0 Å². The Hall–Kier alpha value is -2.43. The lowest BCUT2D eigenvalue weighted by Crippen LogP contribution is -2.44. The third kappa shape index (κ3) is 3.86. The van der Waals surface area contributed by atoms with E-state index in [0.717, 1.165) is 36.2 Å². The molecule has 0 spiro atoms. The second kappa shape index (κ2) is 6.77. The number of amides is 1. The van der Waals surface area contributed by atoms with E-state index in [4.69, 9.17) is 4.74 Å². The highest BCUT2D eigenvalue weighted by Gasteiger charge is 2.26. The molecule has 0 radical (unpaired) electrons. The first-order chi connectivity index (χ1) is 11.1. The van der Waals surface area contributed by atoms with Crippen LogP contribution in [0.3, 0.4) is 0 Å². The van der Waals surface area contributed by atoms with E-state index in [9.17, 15) is 4.79 Å². The number of hydrogen-bond acceptors (Lipinski definition) is 4. The molecule has 120 valence electrons. The number of hydrogen-bond donors (Lipinski definition) is 0. The number of likely N-dealkylation sites (tertiary alicyclic amines) is 1. The van der Waals surface area contributed by atoms with E-state index < -0.39 is 0 Å². The molecule has 0 aliphatic carbocycles. The zero-order valence-corrected chi connectivity index (χ0v) is 13.5. The Bertz CT molecular complexity index is 685. The van der Waals surface area contributed by atoms with Gasteiger partial charge < -0.3 is 9.64 Å². The lowest BCUT2D eigenvalue weighted by Gasteiger charge is -2.32. The van der Waals surface area contributed by atoms with E-state index in [0.29, 0.717) is 12.4 Å². The van der Waals surface area contributed by atoms with Gasteiger partial charge in [0.2, 0.25) is 5.88 Å². The predicted octanol–water partition coefficient (Wildman–Crippen LogP) is 2.78. The molecule has 3 rings (SSSR count). The van der Waals surface area contributed by atoms with Crippen LogP contribution in [0.1, 0.15) is 34.5 Å². The van der Waals surface area contributed by atoms with Crippen LogP contribution in [0.4, 0.5) is 0 Å². The highest BCUT2D eigenvalue weighted by Crippen LogP contribution is 2.18. The van der Waals surface area contributed by atoms with Crippen molar-refractivity contribution in [3.05, 3.63) is 53.2 Å². The molecule has 1 atom stereocenters. The van der Waals surface area contributed by atoms with Crippen LogP contribution in [-0.2, 0) is 0 Å². The minimum atomic E-state index is -0.0329. The van der Waals surface area contributed by atoms with E-state index >= 15 is 0 Å². The molecule has 1 saturated heterocycles. The molecule has 23 heavy (non-hydrogen) atoms. The normalized spacial score (nSPS) is 17.8. The smallest absolute Gasteiger partial charge is 0.253 e. The van der Waals surface area contributed by atoms with Gasteiger partial charge in [0.1, 0.15) is 6.10 Å². The summed E-state index contributed by atoms with van der Waals surface area (Å²) in [5.74, 6) is 0.586. The maximum Gasteiger partial charge on any atom is 0.253 e. The summed E-state index contributed by atoms with van der Waals surface area (Å²) in [5.41, 5.74) is 2.69. The minimum absolute atomic E-state index is 0.0329. The number of aryl methyl sites for hydroxylation is 2. The van der Waals surface area contributed by atoms with Crippen molar-refractivity contribution in [2.45, 2.75) is 32.8 Å². The molecule has 1 aliphatic heterocycles. The van der Waals surface area contributed by atoms with Crippen molar-refractivity contribution in [3.8, 4) is 5.88 Å². The summed E-state index contributed by atoms with van der Waals surface area (Å²) in [6.45, 7) is 5.24. The number of aromatic nitrogens is 2. The van der Waals surface area contributed by atoms with Gasteiger partial charge in [-0.2, -0.15) is 5.10 Å². The molecule has 1 aromatic heterocycles. The summed E-state index contributed by atoms with van der Waals surface area (Å²) in [4.78, 5) is 14.5. The second-order valence-electron chi connectivity index (χ2n) is 6.02. The number of piperidine rings is 1. The number of rotatable bonds is 3. The Morgan fingerprint density at radius 2 is 2.09 bits per heavy atom. The fraction of sp³-hybridized carbons (Fsp3) is 0.389. The molecule has 1 aliphatic rings. The SMILES string of the molecule is Cc1cccc(C(=O)N2CCCC(Oc3ccc(C)nn3)C2)c1. The van der Waals surface area contributed by atoms with Crippen molar-refractivity contribution >= 4 is 5.91 Å². The van der Waals surface area contributed by atoms with Gasteiger partial charge in [-0.25, -0.2) is 0 Å². The molecule has 0 bridgehead atoms. The van der Waals surface area contributed by atoms with Crippen LogP contribution in [-0.4, -0.2) is 40.2 Å². The van der Waals surface area contributed by atoms with Gasteiger partial charge in [-0.05, 0) is 44.9 Å². The molecule has 1 fully saturated rings.